The number of benzene rings is 1. The minimum Gasteiger partial charge on any atom is -0.491 e. The summed E-state index contributed by atoms with van der Waals surface area (Å²) < 4.78 is 5.60. The van der Waals surface area contributed by atoms with E-state index in [4.69, 9.17) is 4.74 Å². The average Bonchev–Trinajstić information content (AvgIpc) is 2.28. The molecule has 3 nitrogen and oxygen atoms in total. The molecule has 0 aromatic heterocycles. The molecule has 1 unspecified atom stereocenters. The van der Waals surface area contributed by atoms with E-state index in [9.17, 15) is 5.11 Å². The van der Waals surface area contributed by atoms with Gasteiger partial charge < -0.3 is 15.2 Å². The Kier molecular flexibility index (Phi) is 2.44. The maximum Gasteiger partial charge on any atom is 0.122 e. The highest BCUT2D eigenvalue weighted by Gasteiger charge is 2.33. The van der Waals surface area contributed by atoms with Gasteiger partial charge in [-0.05, 0) is 25.1 Å². The zero-order chi connectivity index (χ0) is 10.0. The van der Waals surface area contributed by atoms with Gasteiger partial charge in [0.2, 0.25) is 0 Å². The third-order valence-electron chi connectivity index (χ3n) is 2.84. The Morgan fingerprint density at radius 1 is 1.50 bits per heavy atom. The van der Waals surface area contributed by atoms with E-state index < -0.39 is 0 Å². The molecule has 1 heterocycles. The van der Waals surface area contributed by atoms with Gasteiger partial charge in [0, 0.05) is 0 Å². The fourth-order valence-corrected chi connectivity index (χ4v) is 1.76. The minimum atomic E-state index is -0.311. The number of hydrogen-bond acceptors (Lipinski definition) is 3. The van der Waals surface area contributed by atoms with Crippen molar-refractivity contribution in [2.24, 2.45) is 0 Å². The lowest BCUT2D eigenvalue weighted by Gasteiger charge is -2.36. The standard InChI is InChI=1S/C11H15NO2/c1-12-11(7-13)6-9-4-2-3-5-10(9)14-8-11/h2-5,12-13H,6-8H2,1H3. The predicted molar refractivity (Wildman–Crippen MR) is 54.5 cm³/mol. The molecule has 1 aromatic carbocycles. The Labute approximate surface area is 83.7 Å². The van der Waals surface area contributed by atoms with Crippen LogP contribution in [-0.2, 0) is 6.42 Å². The number of hydrogen-bond donors (Lipinski definition) is 2. The highest BCUT2D eigenvalue weighted by molar-refractivity contribution is 5.37. The number of aliphatic hydroxyl groups excluding tert-OH is 1. The SMILES string of the molecule is CNC1(CO)COc2ccccc2C1. The summed E-state index contributed by atoms with van der Waals surface area (Å²) in [5, 5.41) is 12.5. The summed E-state index contributed by atoms with van der Waals surface area (Å²) in [4.78, 5) is 0. The van der Waals surface area contributed by atoms with E-state index in [2.05, 4.69) is 5.32 Å². The van der Waals surface area contributed by atoms with E-state index in [-0.39, 0.29) is 12.1 Å². The molecule has 0 spiro atoms. The van der Waals surface area contributed by atoms with Gasteiger partial charge in [-0.25, -0.2) is 0 Å². The van der Waals surface area contributed by atoms with Gasteiger partial charge in [-0.1, -0.05) is 18.2 Å². The van der Waals surface area contributed by atoms with Crippen LogP contribution in [-0.4, -0.2) is 30.9 Å². The second-order valence-corrected chi connectivity index (χ2v) is 3.76. The van der Waals surface area contributed by atoms with Gasteiger partial charge in [0.25, 0.3) is 0 Å². The Hall–Kier alpha value is -1.06. The summed E-state index contributed by atoms with van der Waals surface area (Å²) in [7, 11) is 1.85. The van der Waals surface area contributed by atoms with Crippen LogP contribution in [0.25, 0.3) is 0 Å². The molecule has 0 radical (unpaired) electrons. The van der Waals surface area contributed by atoms with Crippen LogP contribution in [0.2, 0.25) is 0 Å². The molecule has 76 valence electrons. The van der Waals surface area contributed by atoms with Gasteiger partial charge in [-0.2, -0.15) is 0 Å². The zero-order valence-electron chi connectivity index (χ0n) is 8.29. The zero-order valence-corrected chi connectivity index (χ0v) is 8.29. The predicted octanol–water partition coefficient (Wildman–Crippen LogP) is 0.572. The highest BCUT2D eigenvalue weighted by Crippen LogP contribution is 2.28. The van der Waals surface area contributed by atoms with Gasteiger partial charge in [0.15, 0.2) is 0 Å². The van der Waals surface area contributed by atoms with Crippen molar-refractivity contribution >= 4 is 0 Å². The van der Waals surface area contributed by atoms with Gasteiger partial charge in [-0.15, -0.1) is 0 Å². The lowest BCUT2D eigenvalue weighted by atomic mass is 9.90. The van der Waals surface area contributed by atoms with Crippen molar-refractivity contribution in [3.8, 4) is 5.75 Å². The van der Waals surface area contributed by atoms with E-state index in [0.29, 0.717) is 6.61 Å². The first-order valence-electron chi connectivity index (χ1n) is 4.80. The normalized spacial score (nSPS) is 25.3. The van der Waals surface area contributed by atoms with Crippen LogP contribution in [0.15, 0.2) is 24.3 Å². The van der Waals surface area contributed by atoms with E-state index in [0.717, 1.165) is 17.7 Å². The Morgan fingerprint density at radius 2 is 2.29 bits per heavy atom. The summed E-state index contributed by atoms with van der Waals surface area (Å²) in [6, 6.07) is 7.96. The van der Waals surface area contributed by atoms with Crippen molar-refractivity contribution in [1.82, 2.24) is 5.32 Å². The van der Waals surface area contributed by atoms with E-state index in [1.165, 1.54) is 0 Å². The lowest BCUT2D eigenvalue weighted by Crippen LogP contribution is -2.55. The summed E-state index contributed by atoms with van der Waals surface area (Å²) in [5.41, 5.74) is 0.844. The van der Waals surface area contributed by atoms with Crippen LogP contribution < -0.4 is 10.1 Å². The topological polar surface area (TPSA) is 41.5 Å². The molecular weight excluding hydrogens is 178 g/mol. The van der Waals surface area contributed by atoms with E-state index in [1.807, 2.05) is 31.3 Å². The number of likely N-dealkylation sites (N-methyl/N-ethyl adjacent to an activating group) is 1. The largest absolute Gasteiger partial charge is 0.491 e. The molecular formula is C11H15NO2. The molecule has 2 N–H and O–H groups in total. The maximum absolute atomic E-state index is 9.32. The van der Waals surface area contributed by atoms with Crippen molar-refractivity contribution in [2.75, 3.05) is 20.3 Å². The molecule has 14 heavy (non-hydrogen) atoms. The summed E-state index contributed by atoms with van der Waals surface area (Å²) in [5.74, 6) is 0.937. The second kappa shape index (κ2) is 3.59. The number of nitrogens with one attached hydrogen (secondary N) is 1. The van der Waals surface area contributed by atoms with Crippen LogP contribution in [0.4, 0.5) is 0 Å². The first-order valence-corrected chi connectivity index (χ1v) is 4.80. The number of para-hydroxylation sites is 1. The fourth-order valence-electron chi connectivity index (χ4n) is 1.76. The van der Waals surface area contributed by atoms with Crippen LogP contribution >= 0.6 is 0 Å². The molecule has 2 rings (SSSR count). The molecule has 1 aliphatic rings. The second-order valence-electron chi connectivity index (χ2n) is 3.76. The van der Waals surface area contributed by atoms with E-state index >= 15 is 0 Å². The molecule has 0 amide bonds. The van der Waals surface area contributed by atoms with Crippen LogP contribution in [0.5, 0.6) is 5.75 Å². The summed E-state index contributed by atoms with van der Waals surface area (Å²) in [6.45, 7) is 0.620. The minimum absolute atomic E-state index is 0.0951. The highest BCUT2D eigenvalue weighted by atomic mass is 16.5. The summed E-state index contributed by atoms with van der Waals surface area (Å²) >= 11 is 0. The molecule has 1 aliphatic heterocycles. The summed E-state index contributed by atoms with van der Waals surface area (Å²) in [6.07, 6.45) is 0.816. The molecule has 3 heteroatoms. The third-order valence-corrected chi connectivity index (χ3v) is 2.84. The Morgan fingerprint density at radius 3 is 3.00 bits per heavy atom. The average molecular weight is 193 g/mol. The molecule has 1 atom stereocenters. The van der Waals surface area contributed by atoms with Crippen molar-refractivity contribution in [1.29, 1.82) is 0 Å². The molecule has 0 aliphatic carbocycles. The molecule has 0 bridgehead atoms. The number of rotatable bonds is 2. The van der Waals surface area contributed by atoms with Gasteiger partial charge >= 0.3 is 0 Å². The quantitative estimate of drug-likeness (QED) is 0.721. The van der Waals surface area contributed by atoms with Gasteiger partial charge in [0.1, 0.15) is 12.4 Å². The molecule has 0 saturated heterocycles. The maximum atomic E-state index is 9.32. The number of fused-ring (bicyclic) bond motifs is 1. The van der Waals surface area contributed by atoms with Crippen LogP contribution in [0.1, 0.15) is 5.56 Å². The first-order chi connectivity index (χ1) is 6.79. The smallest absolute Gasteiger partial charge is 0.122 e. The van der Waals surface area contributed by atoms with Crippen LogP contribution in [0.3, 0.4) is 0 Å². The van der Waals surface area contributed by atoms with Crippen molar-refractivity contribution in [3.05, 3.63) is 29.8 Å². The fraction of sp³-hybridized carbons (Fsp3) is 0.455. The van der Waals surface area contributed by atoms with Crippen molar-refractivity contribution < 1.29 is 9.84 Å². The number of ether oxygens (including phenoxy) is 1. The monoisotopic (exact) mass is 193 g/mol. The lowest BCUT2D eigenvalue weighted by molar-refractivity contribution is 0.0939. The van der Waals surface area contributed by atoms with Crippen LogP contribution in [0, 0.1) is 0 Å². The molecule has 0 saturated carbocycles. The van der Waals surface area contributed by atoms with Gasteiger partial charge in [0.05, 0.1) is 12.1 Å². The van der Waals surface area contributed by atoms with Crippen molar-refractivity contribution in [3.63, 3.8) is 0 Å². The Bertz CT molecular complexity index is 321. The molecule has 0 fully saturated rings. The molecule has 1 aromatic rings. The third kappa shape index (κ3) is 1.49. The Balaban J connectivity index is 2.28. The first kappa shape index (κ1) is 9.49. The van der Waals surface area contributed by atoms with Crippen molar-refractivity contribution in [2.45, 2.75) is 12.0 Å². The van der Waals surface area contributed by atoms with E-state index in [1.54, 1.807) is 0 Å². The van der Waals surface area contributed by atoms with Gasteiger partial charge in [-0.3, -0.25) is 0 Å². The number of aliphatic hydroxyl groups is 1.